The smallest absolute Gasteiger partial charge is 0.412 e. The minimum Gasteiger partial charge on any atom is -0.463 e. The number of fused-ring (bicyclic) bond motifs is 3. The molecule has 20 heteroatoms. The van der Waals surface area contributed by atoms with Crippen molar-refractivity contribution in [1.29, 1.82) is 5.26 Å². The molecule has 322 valence electrons. The summed E-state index contributed by atoms with van der Waals surface area (Å²) in [6, 6.07) is 8.82. The lowest BCUT2D eigenvalue weighted by Crippen LogP contribution is -2.51. The molecule has 0 unspecified atom stereocenters. The number of aryl methyl sites for hydroxylation is 1. The Balaban J connectivity index is 1.41. The fourth-order valence-electron chi connectivity index (χ4n) is 7.90. The average molecular weight is 866 g/mol. The monoisotopic (exact) mass is 865 g/mol. The molecule has 5 aromatic rings. The van der Waals surface area contributed by atoms with Crippen molar-refractivity contribution in [3.63, 3.8) is 0 Å². The second kappa shape index (κ2) is 16.4. The number of alkyl halides is 2. The average Bonchev–Trinajstić information content (AvgIpc) is 3.71. The van der Waals surface area contributed by atoms with E-state index in [1.165, 1.54) is 24.0 Å². The molecule has 2 aromatic carbocycles. The highest BCUT2D eigenvalue weighted by molar-refractivity contribution is 7.23. The van der Waals surface area contributed by atoms with Gasteiger partial charge in [-0.3, -0.25) is 24.9 Å². The number of thiophene rings is 1. The molecule has 0 bridgehead atoms. The van der Waals surface area contributed by atoms with Crippen molar-refractivity contribution in [2.75, 3.05) is 57.5 Å². The summed E-state index contributed by atoms with van der Waals surface area (Å²) in [5.41, 5.74) is -3.42. The molecule has 16 nitrogen and oxygen atoms in total. The van der Waals surface area contributed by atoms with Gasteiger partial charge in [0.1, 0.15) is 28.0 Å². The molecule has 7 rings (SSSR count). The number of nitriles is 1. The zero-order valence-corrected chi connectivity index (χ0v) is 35.0. The van der Waals surface area contributed by atoms with Gasteiger partial charge < -0.3 is 24.2 Å². The van der Waals surface area contributed by atoms with Crippen molar-refractivity contribution >= 4 is 60.8 Å². The van der Waals surface area contributed by atoms with Crippen LogP contribution in [0.5, 0.6) is 6.01 Å². The Labute approximate surface area is 357 Å². The standard InChI is InChI=1S/C41H45F3N10O6S/c1-40(2,3)60-39(56)48-36-25(18-45)30-23(10-8-11-29(30)61-36)31-28(54(57)58)17-24-33(32(31)42)46-38(59-21-41(4)20-51(7)15-12-26(41)34(43)44)47-35(24)52-13-9-14-53-22(19-52)16-27(49-53)37(55)50(5)6/h8,10-11,16-17,26,34H,9,12-15,19-21H2,1-7H3,(H,48,56)/t26-,41+/m1/s1/i7D3. The third-order valence-electron chi connectivity index (χ3n) is 10.7. The van der Waals surface area contributed by atoms with E-state index < -0.39 is 76.6 Å². The first-order valence-corrected chi connectivity index (χ1v) is 20.1. The number of hydrogen-bond acceptors (Lipinski definition) is 13. The van der Waals surface area contributed by atoms with Gasteiger partial charge in [0.2, 0.25) is 6.43 Å². The molecule has 0 saturated carbocycles. The molecule has 2 aliphatic heterocycles. The van der Waals surface area contributed by atoms with E-state index in [1.54, 1.807) is 56.6 Å². The van der Waals surface area contributed by atoms with Crippen LogP contribution >= 0.6 is 11.3 Å². The lowest BCUT2D eigenvalue weighted by molar-refractivity contribution is -0.384. The number of nitrogens with zero attached hydrogens (tertiary/aromatic N) is 9. The zero-order valence-electron chi connectivity index (χ0n) is 37.2. The normalized spacial score (nSPS) is 19.4. The summed E-state index contributed by atoms with van der Waals surface area (Å²) < 4.78 is 84.2. The van der Waals surface area contributed by atoms with Gasteiger partial charge in [-0.2, -0.15) is 20.3 Å². The van der Waals surface area contributed by atoms with E-state index in [0.29, 0.717) is 23.4 Å². The number of likely N-dealkylation sites (tertiary alicyclic amines) is 1. The first-order valence-electron chi connectivity index (χ1n) is 20.8. The van der Waals surface area contributed by atoms with Gasteiger partial charge in [0.15, 0.2) is 11.5 Å². The van der Waals surface area contributed by atoms with E-state index in [1.807, 2.05) is 6.07 Å². The molecule has 61 heavy (non-hydrogen) atoms. The maximum Gasteiger partial charge on any atom is 0.412 e. The highest BCUT2D eigenvalue weighted by Crippen LogP contribution is 2.47. The van der Waals surface area contributed by atoms with Gasteiger partial charge in [-0.15, -0.1) is 11.3 Å². The van der Waals surface area contributed by atoms with Gasteiger partial charge >= 0.3 is 12.1 Å². The fraction of sp³-hybridized carbons (Fsp3) is 0.463. The van der Waals surface area contributed by atoms with Crippen LogP contribution in [0.1, 0.15) is 66.4 Å². The maximum absolute atomic E-state index is 17.7. The molecule has 0 spiro atoms. The van der Waals surface area contributed by atoms with Crippen LogP contribution in [0.15, 0.2) is 30.3 Å². The Bertz CT molecular complexity index is 2720. The molecule has 0 aliphatic carbocycles. The fourth-order valence-corrected chi connectivity index (χ4v) is 8.96. The van der Waals surface area contributed by atoms with Crippen LogP contribution in [0.3, 0.4) is 0 Å². The summed E-state index contributed by atoms with van der Waals surface area (Å²) in [5.74, 6) is -2.83. The number of hydrogen-bond donors (Lipinski definition) is 1. The Morgan fingerprint density at radius 1 is 1.23 bits per heavy atom. The highest BCUT2D eigenvalue weighted by Gasteiger charge is 2.45. The van der Waals surface area contributed by atoms with Gasteiger partial charge in [-0.25, -0.2) is 18.0 Å². The molecule has 2 aliphatic rings. The Morgan fingerprint density at radius 2 is 2.00 bits per heavy atom. The number of nitro groups is 1. The zero-order chi connectivity index (χ0) is 46.6. The Hall–Kier alpha value is -6.07. The summed E-state index contributed by atoms with van der Waals surface area (Å²) in [4.78, 5) is 51.2. The Kier molecular flexibility index (Phi) is 10.5. The van der Waals surface area contributed by atoms with E-state index in [4.69, 9.17) is 13.6 Å². The molecule has 3 aromatic heterocycles. The predicted molar refractivity (Wildman–Crippen MR) is 223 cm³/mol. The summed E-state index contributed by atoms with van der Waals surface area (Å²) in [7, 11) is 3.17. The van der Waals surface area contributed by atoms with E-state index >= 15 is 4.39 Å². The lowest BCUT2D eigenvalue weighted by Gasteiger charge is -2.44. The number of rotatable bonds is 9. The summed E-state index contributed by atoms with van der Waals surface area (Å²) in [6.45, 7) is 3.67. The lowest BCUT2D eigenvalue weighted by atomic mass is 9.73. The van der Waals surface area contributed by atoms with Crippen molar-refractivity contribution in [1.82, 2.24) is 29.5 Å². The topological polar surface area (TPSA) is 185 Å². The van der Waals surface area contributed by atoms with Crippen LogP contribution in [-0.4, -0.2) is 106 Å². The summed E-state index contributed by atoms with van der Waals surface area (Å²) in [6.07, 6.45) is -3.40. The largest absolute Gasteiger partial charge is 0.463 e. The minimum absolute atomic E-state index is 0.0117. The molecule has 1 fully saturated rings. The molecule has 1 N–H and O–H groups in total. The van der Waals surface area contributed by atoms with Crippen LogP contribution in [0.25, 0.3) is 32.1 Å². The third-order valence-corrected chi connectivity index (χ3v) is 11.8. The molecular formula is C41H45F3N10O6S. The first-order chi connectivity index (χ1) is 30.0. The SMILES string of the molecule is [2H]C([2H])([2H])N1CC[C@H](C(F)F)[C@](C)(COc2nc(N3CCCn4nc(C(=O)N(C)C)cc4C3)c3cc([N+](=O)[O-])c(-c4cccc5sc(NC(=O)OC(C)(C)C)c(C#N)c45)c(F)c3n2)C1. The van der Waals surface area contributed by atoms with Crippen molar-refractivity contribution in [2.24, 2.45) is 11.3 Å². The number of amides is 2. The van der Waals surface area contributed by atoms with E-state index in [2.05, 4.69) is 20.4 Å². The number of ether oxygens (including phenoxy) is 2. The van der Waals surface area contributed by atoms with Crippen LogP contribution < -0.4 is 15.0 Å². The van der Waals surface area contributed by atoms with Gasteiger partial charge in [0.25, 0.3) is 11.6 Å². The number of carbonyl (C=O) groups is 2. The van der Waals surface area contributed by atoms with Crippen LogP contribution in [0.2, 0.25) is 0 Å². The number of aromatic nitrogens is 4. The van der Waals surface area contributed by atoms with Crippen LogP contribution in [-0.2, 0) is 17.8 Å². The third kappa shape index (κ3) is 8.48. The summed E-state index contributed by atoms with van der Waals surface area (Å²) in [5, 5.41) is 30.5. The molecular weight excluding hydrogens is 818 g/mol. The van der Waals surface area contributed by atoms with E-state index in [-0.39, 0.29) is 76.9 Å². The van der Waals surface area contributed by atoms with Crippen LogP contribution in [0, 0.1) is 38.6 Å². The molecule has 5 heterocycles. The summed E-state index contributed by atoms with van der Waals surface area (Å²) >= 11 is 0.982. The number of nitro benzene ring substituents is 1. The van der Waals surface area contributed by atoms with E-state index in [0.717, 1.165) is 22.3 Å². The molecule has 2 amide bonds. The van der Waals surface area contributed by atoms with Crippen molar-refractivity contribution in [3.05, 3.63) is 63.2 Å². The Morgan fingerprint density at radius 3 is 2.67 bits per heavy atom. The van der Waals surface area contributed by atoms with Gasteiger partial charge in [-0.1, -0.05) is 19.1 Å². The van der Waals surface area contributed by atoms with Crippen molar-refractivity contribution in [3.8, 4) is 23.2 Å². The highest BCUT2D eigenvalue weighted by atomic mass is 32.1. The molecule has 0 radical (unpaired) electrons. The van der Waals surface area contributed by atoms with Gasteiger partial charge in [0, 0.05) is 70.9 Å². The van der Waals surface area contributed by atoms with Gasteiger partial charge in [-0.05, 0) is 59.3 Å². The number of benzene rings is 2. The number of carbonyl (C=O) groups excluding carboxylic acids is 2. The second-order valence-corrected chi connectivity index (χ2v) is 17.7. The molecule has 1 saturated heterocycles. The molecule has 2 atom stereocenters. The number of nitrogens with one attached hydrogen (secondary N) is 1. The van der Waals surface area contributed by atoms with Crippen molar-refractivity contribution < 1.29 is 41.3 Å². The maximum atomic E-state index is 17.7. The first kappa shape index (κ1) is 39.1. The second-order valence-electron chi connectivity index (χ2n) is 16.6. The number of halogens is 3. The number of piperidine rings is 1. The van der Waals surface area contributed by atoms with Crippen LogP contribution in [0.4, 0.5) is 34.5 Å². The number of anilines is 2. The quantitative estimate of drug-likeness (QED) is 0.113. The predicted octanol–water partition coefficient (Wildman–Crippen LogP) is 7.69. The van der Waals surface area contributed by atoms with E-state index in [9.17, 15) is 33.7 Å². The van der Waals surface area contributed by atoms with Crippen molar-refractivity contribution in [2.45, 2.75) is 65.7 Å². The minimum atomic E-state index is -2.83. The van der Waals surface area contributed by atoms with Gasteiger partial charge in [0.05, 0.1) is 40.3 Å².